The van der Waals surface area contributed by atoms with Gasteiger partial charge in [-0.25, -0.2) is 0 Å². The van der Waals surface area contributed by atoms with Crippen LogP contribution in [0.3, 0.4) is 0 Å². The molecule has 0 saturated carbocycles. The molecule has 0 spiro atoms. The highest BCUT2D eigenvalue weighted by Gasteiger charge is 2.33. The van der Waals surface area contributed by atoms with Gasteiger partial charge in [0.15, 0.2) is 0 Å². The Balaban J connectivity index is 2.98. The summed E-state index contributed by atoms with van der Waals surface area (Å²) < 4.78 is 37.3. The number of hydrogen-bond donors (Lipinski definition) is 2. The van der Waals surface area contributed by atoms with E-state index < -0.39 is 25.2 Å². The summed E-state index contributed by atoms with van der Waals surface area (Å²) in [4.78, 5) is 12.8. The summed E-state index contributed by atoms with van der Waals surface area (Å²) in [5.41, 5.74) is 5.56. The van der Waals surface area contributed by atoms with Crippen LogP contribution in [0.2, 0.25) is 0 Å². The average Bonchev–Trinajstić information content (AvgIpc) is 2.81. The topological polar surface area (TPSA) is 66.6 Å². The van der Waals surface area contributed by atoms with Crippen LogP contribution in [0.5, 0.6) is 0 Å². The third-order valence-electron chi connectivity index (χ3n) is 2.21. The van der Waals surface area contributed by atoms with Gasteiger partial charge in [-0.3, -0.25) is 4.79 Å². The van der Waals surface area contributed by atoms with Gasteiger partial charge < -0.3 is 15.7 Å². The van der Waals surface area contributed by atoms with E-state index in [2.05, 4.69) is 11.8 Å². The van der Waals surface area contributed by atoms with E-state index in [1.54, 1.807) is 11.4 Å². The van der Waals surface area contributed by atoms with Crippen molar-refractivity contribution >= 4 is 17.2 Å². The quantitative estimate of drug-likeness (QED) is 0.817. The summed E-state index contributed by atoms with van der Waals surface area (Å²) in [6.45, 7) is -2.25. The third kappa shape index (κ3) is 4.85. The Kier molecular flexibility index (Phi) is 6.01. The second-order valence-corrected chi connectivity index (χ2v) is 4.65. The van der Waals surface area contributed by atoms with Crippen LogP contribution in [0.25, 0.3) is 0 Å². The molecule has 0 fully saturated rings. The van der Waals surface area contributed by atoms with Gasteiger partial charge in [0.05, 0.1) is 13.2 Å². The molecule has 8 heteroatoms. The molecular weight excluding hydrogens is 293 g/mol. The fourth-order valence-corrected chi connectivity index (χ4v) is 2.27. The van der Waals surface area contributed by atoms with Crippen LogP contribution in [0.1, 0.15) is 15.2 Å². The highest BCUT2D eigenvalue weighted by Crippen LogP contribution is 2.22. The normalized spacial score (nSPS) is 10.8. The lowest BCUT2D eigenvalue weighted by atomic mass is 10.2. The van der Waals surface area contributed by atoms with E-state index in [0.717, 1.165) is 11.3 Å². The molecule has 20 heavy (non-hydrogen) atoms. The van der Waals surface area contributed by atoms with Crippen molar-refractivity contribution in [2.24, 2.45) is 5.73 Å². The standard InChI is InChI=1S/C12H13F3N2O2S/c13-12(14,15)8-17(5-6-18)11(19)10-9(2-1-4-16)3-7-20-10/h3,7,18H,4-6,8,16H2. The van der Waals surface area contributed by atoms with Crippen LogP contribution in [0.15, 0.2) is 11.4 Å². The van der Waals surface area contributed by atoms with Gasteiger partial charge in [0.2, 0.25) is 0 Å². The van der Waals surface area contributed by atoms with Gasteiger partial charge in [0.25, 0.3) is 5.91 Å². The van der Waals surface area contributed by atoms with E-state index in [1.165, 1.54) is 0 Å². The minimum atomic E-state index is -4.52. The zero-order valence-corrected chi connectivity index (χ0v) is 11.2. The van der Waals surface area contributed by atoms with Gasteiger partial charge in [-0.05, 0) is 11.4 Å². The predicted molar refractivity (Wildman–Crippen MR) is 69.3 cm³/mol. The Morgan fingerprint density at radius 3 is 2.75 bits per heavy atom. The van der Waals surface area contributed by atoms with Crippen molar-refractivity contribution in [3.63, 3.8) is 0 Å². The Morgan fingerprint density at radius 2 is 2.20 bits per heavy atom. The lowest BCUT2D eigenvalue weighted by molar-refractivity contribution is -0.141. The molecule has 3 N–H and O–H groups in total. The molecule has 0 aliphatic carbocycles. The molecule has 110 valence electrons. The number of hydrogen-bond acceptors (Lipinski definition) is 4. The zero-order valence-electron chi connectivity index (χ0n) is 10.4. The number of carbonyl (C=O) groups is 1. The van der Waals surface area contributed by atoms with Crippen molar-refractivity contribution in [3.05, 3.63) is 21.9 Å². The Bertz CT molecular complexity index is 517. The van der Waals surface area contributed by atoms with Crippen molar-refractivity contribution < 1.29 is 23.1 Å². The monoisotopic (exact) mass is 306 g/mol. The maximum Gasteiger partial charge on any atom is 0.406 e. The molecule has 4 nitrogen and oxygen atoms in total. The van der Waals surface area contributed by atoms with E-state index in [1.807, 2.05) is 0 Å². The Morgan fingerprint density at radius 1 is 1.50 bits per heavy atom. The third-order valence-corrected chi connectivity index (χ3v) is 3.11. The molecule has 1 heterocycles. The first-order chi connectivity index (χ1) is 9.39. The molecule has 0 aromatic carbocycles. The van der Waals surface area contributed by atoms with Crippen molar-refractivity contribution in [3.8, 4) is 11.8 Å². The SMILES string of the molecule is NCC#Cc1ccsc1C(=O)N(CCO)CC(F)(F)F. The van der Waals surface area contributed by atoms with Gasteiger partial charge >= 0.3 is 6.18 Å². The maximum atomic E-state index is 12.4. The predicted octanol–water partition coefficient (Wildman–Crippen LogP) is 1.06. The van der Waals surface area contributed by atoms with Crippen LogP contribution in [-0.4, -0.2) is 48.3 Å². The number of rotatable bonds is 4. The number of aliphatic hydroxyl groups excluding tert-OH is 1. The molecule has 1 aromatic heterocycles. The Hall–Kier alpha value is -1.56. The van der Waals surface area contributed by atoms with Crippen molar-refractivity contribution in [1.29, 1.82) is 0 Å². The number of nitrogens with two attached hydrogens (primary N) is 1. The molecule has 0 atom stereocenters. The van der Waals surface area contributed by atoms with E-state index in [4.69, 9.17) is 10.8 Å². The molecule has 0 aliphatic heterocycles. The number of halogens is 3. The summed E-state index contributed by atoms with van der Waals surface area (Å²) in [5.74, 6) is 4.39. The largest absolute Gasteiger partial charge is 0.406 e. The highest BCUT2D eigenvalue weighted by molar-refractivity contribution is 7.12. The van der Waals surface area contributed by atoms with Gasteiger partial charge in [-0.15, -0.1) is 11.3 Å². The lowest BCUT2D eigenvalue weighted by Gasteiger charge is -2.22. The number of thiophene rings is 1. The molecule has 0 saturated heterocycles. The van der Waals surface area contributed by atoms with Gasteiger partial charge in [0.1, 0.15) is 11.4 Å². The van der Waals surface area contributed by atoms with Crippen molar-refractivity contribution in [1.82, 2.24) is 4.90 Å². The molecule has 0 radical (unpaired) electrons. The summed E-state index contributed by atoms with van der Waals surface area (Å²) >= 11 is 1.00. The average molecular weight is 306 g/mol. The first kappa shape index (κ1) is 16.5. The number of nitrogens with zero attached hydrogens (tertiary/aromatic N) is 1. The molecule has 1 rings (SSSR count). The van der Waals surface area contributed by atoms with E-state index in [-0.39, 0.29) is 18.0 Å². The van der Waals surface area contributed by atoms with E-state index in [9.17, 15) is 18.0 Å². The van der Waals surface area contributed by atoms with Crippen LogP contribution in [-0.2, 0) is 0 Å². The van der Waals surface area contributed by atoms with Crippen molar-refractivity contribution in [2.75, 3.05) is 26.2 Å². The smallest absolute Gasteiger partial charge is 0.395 e. The first-order valence-corrected chi connectivity index (χ1v) is 6.50. The highest BCUT2D eigenvalue weighted by atomic mass is 32.1. The summed E-state index contributed by atoms with van der Waals surface area (Å²) in [6.07, 6.45) is -4.52. The minimum absolute atomic E-state index is 0.0897. The van der Waals surface area contributed by atoms with Crippen LogP contribution in [0.4, 0.5) is 13.2 Å². The number of aliphatic hydroxyl groups is 1. The van der Waals surface area contributed by atoms with Crippen LogP contribution < -0.4 is 5.73 Å². The summed E-state index contributed by atoms with van der Waals surface area (Å²) in [7, 11) is 0. The molecule has 0 unspecified atom stereocenters. The maximum absolute atomic E-state index is 12.4. The molecule has 1 amide bonds. The molecule has 0 bridgehead atoms. The molecule has 0 aliphatic rings. The van der Waals surface area contributed by atoms with Crippen LogP contribution in [0, 0.1) is 11.8 Å². The molecule has 1 aromatic rings. The second kappa shape index (κ2) is 7.28. The first-order valence-electron chi connectivity index (χ1n) is 5.62. The van der Waals surface area contributed by atoms with Gasteiger partial charge in [-0.2, -0.15) is 13.2 Å². The second-order valence-electron chi connectivity index (χ2n) is 3.73. The van der Waals surface area contributed by atoms with Gasteiger partial charge in [0, 0.05) is 12.1 Å². The molecular formula is C12H13F3N2O2S. The zero-order chi connectivity index (χ0) is 15.2. The van der Waals surface area contributed by atoms with E-state index in [0.29, 0.717) is 10.5 Å². The number of alkyl halides is 3. The van der Waals surface area contributed by atoms with E-state index >= 15 is 0 Å². The minimum Gasteiger partial charge on any atom is -0.395 e. The summed E-state index contributed by atoms with van der Waals surface area (Å²) in [5, 5.41) is 10.4. The fourth-order valence-electron chi connectivity index (χ4n) is 1.45. The van der Waals surface area contributed by atoms with Gasteiger partial charge in [-0.1, -0.05) is 11.8 Å². The van der Waals surface area contributed by atoms with Crippen molar-refractivity contribution in [2.45, 2.75) is 6.18 Å². The summed E-state index contributed by atoms with van der Waals surface area (Å²) in [6, 6.07) is 1.55. The fraction of sp³-hybridized carbons (Fsp3) is 0.417. The lowest BCUT2D eigenvalue weighted by Crippen LogP contribution is -2.40. The van der Waals surface area contributed by atoms with Crippen LogP contribution >= 0.6 is 11.3 Å². The number of carbonyl (C=O) groups excluding carboxylic acids is 1. The Labute approximate surface area is 118 Å². The number of amides is 1.